The van der Waals surface area contributed by atoms with Crippen molar-refractivity contribution in [1.29, 1.82) is 0 Å². The van der Waals surface area contributed by atoms with Gasteiger partial charge in [-0.25, -0.2) is 0 Å². The van der Waals surface area contributed by atoms with Crippen LogP contribution in [0.5, 0.6) is 0 Å². The molecule has 0 spiro atoms. The molecule has 0 amide bonds. The number of halogens is 6. The minimum Gasteiger partial charge on any atom is -0.393 e. The molecule has 0 aliphatic heterocycles. The lowest BCUT2D eigenvalue weighted by atomic mass is 9.57. The van der Waals surface area contributed by atoms with E-state index in [9.17, 15) is 31.4 Å². The van der Waals surface area contributed by atoms with Crippen LogP contribution in [-0.2, 0) is 0 Å². The Morgan fingerprint density at radius 1 is 0.591 bits per heavy atom. The third-order valence-electron chi connectivity index (χ3n) is 5.53. The summed E-state index contributed by atoms with van der Waals surface area (Å²) in [5.41, 5.74) is -3.61. The topological polar surface area (TPSA) is 20.2 Å². The average molecular weight is 332 g/mol. The smallest absolute Gasteiger partial charge is 0.393 e. The van der Waals surface area contributed by atoms with E-state index in [1.807, 2.05) is 0 Å². The Bertz CT molecular complexity index is 347. The molecule has 2 rings (SSSR count). The molecule has 2 aliphatic carbocycles. The highest BCUT2D eigenvalue weighted by atomic mass is 19.4. The minimum absolute atomic E-state index is 0.0158. The van der Waals surface area contributed by atoms with Gasteiger partial charge in [0.25, 0.3) is 0 Å². The Balaban J connectivity index is 2.45. The van der Waals surface area contributed by atoms with Crippen LogP contribution >= 0.6 is 0 Å². The van der Waals surface area contributed by atoms with Gasteiger partial charge >= 0.3 is 12.4 Å². The van der Waals surface area contributed by atoms with Crippen molar-refractivity contribution in [3.05, 3.63) is 0 Å². The highest BCUT2D eigenvalue weighted by molar-refractivity contribution is 5.04. The molecule has 2 fully saturated rings. The van der Waals surface area contributed by atoms with Gasteiger partial charge < -0.3 is 5.11 Å². The largest absolute Gasteiger partial charge is 0.403 e. The molecule has 22 heavy (non-hydrogen) atoms. The second-order valence-electron chi connectivity index (χ2n) is 6.70. The molecule has 0 radical (unpaired) electrons. The molecule has 0 heterocycles. The molecule has 0 bridgehead atoms. The summed E-state index contributed by atoms with van der Waals surface area (Å²) < 4.78 is 82.5. The van der Waals surface area contributed by atoms with Gasteiger partial charge in [-0.15, -0.1) is 0 Å². The van der Waals surface area contributed by atoms with Crippen molar-refractivity contribution in [3.63, 3.8) is 0 Å². The van der Waals surface area contributed by atoms with Gasteiger partial charge in [-0.2, -0.15) is 26.3 Å². The van der Waals surface area contributed by atoms with Gasteiger partial charge in [0.2, 0.25) is 0 Å². The Labute approximate surface area is 126 Å². The third kappa shape index (κ3) is 2.97. The highest BCUT2D eigenvalue weighted by Gasteiger charge is 2.76. The Morgan fingerprint density at radius 3 is 1.41 bits per heavy atom. The number of hydrogen-bond acceptors (Lipinski definition) is 1. The lowest BCUT2D eigenvalue weighted by Gasteiger charge is -2.50. The average Bonchev–Trinajstić information content (AvgIpc) is 2.39. The molecule has 2 aliphatic rings. The summed E-state index contributed by atoms with van der Waals surface area (Å²) in [6.45, 7) is 0. The van der Waals surface area contributed by atoms with Gasteiger partial charge in [0.1, 0.15) is 0 Å². The summed E-state index contributed by atoms with van der Waals surface area (Å²) in [5.74, 6) is -2.86. The molecule has 0 unspecified atom stereocenters. The van der Waals surface area contributed by atoms with Crippen LogP contribution < -0.4 is 0 Å². The molecule has 7 heteroatoms. The maximum absolute atomic E-state index is 13.8. The van der Waals surface area contributed by atoms with Crippen LogP contribution in [0.4, 0.5) is 26.3 Å². The van der Waals surface area contributed by atoms with Crippen molar-refractivity contribution >= 4 is 0 Å². The van der Waals surface area contributed by atoms with Gasteiger partial charge in [-0.05, 0) is 50.4 Å². The zero-order valence-electron chi connectivity index (χ0n) is 12.3. The van der Waals surface area contributed by atoms with E-state index in [0.29, 0.717) is 19.3 Å². The van der Waals surface area contributed by atoms with Crippen LogP contribution in [0.1, 0.15) is 57.8 Å². The van der Waals surface area contributed by atoms with E-state index in [4.69, 9.17) is 0 Å². The molecular weight excluding hydrogens is 310 g/mol. The first-order chi connectivity index (χ1) is 10.1. The van der Waals surface area contributed by atoms with Crippen molar-refractivity contribution in [2.45, 2.75) is 76.2 Å². The number of alkyl halides is 6. The first-order valence-corrected chi connectivity index (χ1v) is 7.92. The molecule has 0 aromatic rings. The van der Waals surface area contributed by atoms with Crippen LogP contribution in [0.2, 0.25) is 0 Å². The van der Waals surface area contributed by atoms with Crippen LogP contribution in [0.3, 0.4) is 0 Å². The van der Waals surface area contributed by atoms with E-state index >= 15 is 0 Å². The number of hydrogen-bond donors (Lipinski definition) is 1. The van der Waals surface area contributed by atoms with Gasteiger partial charge in [0.05, 0.1) is 6.10 Å². The molecule has 0 aromatic carbocycles. The molecule has 0 atom stereocenters. The third-order valence-corrected chi connectivity index (χ3v) is 5.53. The quantitative estimate of drug-likeness (QED) is 0.687. The lowest BCUT2D eigenvalue weighted by molar-refractivity contribution is -0.382. The summed E-state index contributed by atoms with van der Waals surface area (Å²) in [6.07, 6.45) is -10.3. The molecule has 1 N–H and O–H groups in total. The zero-order valence-corrected chi connectivity index (χ0v) is 12.3. The van der Waals surface area contributed by atoms with E-state index < -0.39 is 35.7 Å². The molecule has 0 aromatic heterocycles. The Morgan fingerprint density at radius 2 is 1.00 bits per heavy atom. The number of aliphatic hydroxyl groups is 1. The second kappa shape index (κ2) is 6.21. The van der Waals surface area contributed by atoms with Crippen molar-refractivity contribution in [2.24, 2.45) is 17.3 Å². The number of rotatable bonds is 2. The standard InChI is InChI=1S/C15H22F6O/c16-14(17,18)13(15(19,20)21,10-4-2-1-3-5-10)11-6-8-12(22)9-7-11/h10-12,22H,1-9H2/t11-,12+. The molecule has 1 nitrogen and oxygen atoms in total. The fraction of sp³-hybridized carbons (Fsp3) is 1.00. The molecule has 2 saturated carbocycles. The fourth-order valence-corrected chi connectivity index (χ4v) is 4.51. The van der Waals surface area contributed by atoms with E-state index in [0.717, 1.165) is 0 Å². The first-order valence-electron chi connectivity index (χ1n) is 7.92. The van der Waals surface area contributed by atoms with Gasteiger partial charge in [-0.3, -0.25) is 0 Å². The van der Waals surface area contributed by atoms with Crippen LogP contribution in [0, 0.1) is 17.3 Å². The van der Waals surface area contributed by atoms with E-state index in [2.05, 4.69) is 0 Å². The summed E-state index contributed by atoms with van der Waals surface area (Å²) >= 11 is 0. The van der Waals surface area contributed by atoms with Gasteiger partial charge in [0.15, 0.2) is 5.41 Å². The fourth-order valence-electron chi connectivity index (χ4n) is 4.51. The zero-order chi connectivity index (χ0) is 16.6. The summed E-state index contributed by atoms with van der Waals surface area (Å²) in [7, 11) is 0. The summed E-state index contributed by atoms with van der Waals surface area (Å²) in [6, 6.07) is 0. The van der Waals surface area contributed by atoms with Gasteiger partial charge in [0, 0.05) is 0 Å². The van der Waals surface area contributed by atoms with Crippen LogP contribution in [-0.4, -0.2) is 23.6 Å². The van der Waals surface area contributed by atoms with Crippen molar-refractivity contribution < 1.29 is 31.4 Å². The molecular formula is C15H22F6O. The second-order valence-corrected chi connectivity index (χ2v) is 6.70. The highest BCUT2D eigenvalue weighted by Crippen LogP contribution is 2.64. The Kier molecular flexibility index (Phi) is 5.05. The van der Waals surface area contributed by atoms with E-state index in [1.165, 1.54) is 0 Å². The first kappa shape index (κ1) is 17.9. The van der Waals surface area contributed by atoms with E-state index in [-0.39, 0.29) is 38.5 Å². The maximum atomic E-state index is 13.8. The maximum Gasteiger partial charge on any atom is 0.403 e. The van der Waals surface area contributed by atoms with Crippen LogP contribution in [0.15, 0.2) is 0 Å². The number of aliphatic hydroxyl groups excluding tert-OH is 1. The molecule has 0 saturated heterocycles. The SMILES string of the molecule is O[C@H]1CC[C@@H](C(C2CCCCC2)(C(F)(F)F)C(F)(F)F)CC1. The lowest BCUT2D eigenvalue weighted by Crippen LogP contribution is -2.60. The van der Waals surface area contributed by atoms with Gasteiger partial charge in [-0.1, -0.05) is 19.3 Å². The van der Waals surface area contributed by atoms with E-state index in [1.54, 1.807) is 0 Å². The Hall–Kier alpha value is -0.460. The predicted molar refractivity (Wildman–Crippen MR) is 69.1 cm³/mol. The van der Waals surface area contributed by atoms with Crippen molar-refractivity contribution in [2.75, 3.05) is 0 Å². The predicted octanol–water partition coefficient (Wildman–Crippen LogP) is 5.23. The summed E-state index contributed by atoms with van der Waals surface area (Å²) in [4.78, 5) is 0. The van der Waals surface area contributed by atoms with Crippen LogP contribution in [0.25, 0.3) is 0 Å². The monoisotopic (exact) mass is 332 g/mol. The van der Waals surface area contributed by atoms with Crippen molar-refractivity contribution in [3.8, 4) is 0 Å². The minimum atomic E-state index is -5.31. The normalized spacial score (nSPS) is 29.6. The molecule has 130 valence electrons. The summed E-state index contributed by atoms with van der Waals surface area (Å²) in [5, 5.41) is 9.45. The van der Waals surface area contributed by atoms with Crippen molar-refractivity contribution in [1.82, 2.24) is 0 Å².